The molecule has 0 bridgehead atoms. The van der Waals surface area contributed by atoms with Gasteiger partial charge < -0.3 is 14.6 Å². The Balaban J connectivity index is 1.82. The van der Waals surface area contributed by atoms with Gasteiger partial charge in [0, 0.05) is 24.5 Å². The van der Waals surface area contributed by atoms with Crippen molar-refractivity contribution in [2.24, 2.45) is 0 Å². The van der Waals surface area contributed by atoms with E-state index in [1.165, 1.54) is 0 Å². The lowest BCUT2D eigenvalue weighted by molar-refractivity contribution is -0.112. The number of nitrogens with one attached hydrogen (secondary N) is 1. The fourth-order valence-corrected chi connectivity index (χ4v) is 3.74. The number of nitrogens with zero attached hydrogens (tertiary/aromatic N) is 2. The summed E-state index contributed by atoms with van der Waals surface area (Å²) in [4.78, 5) is 12.6. The van der Waals surface area contributed by atoms with Crippen molar-refractivity contribution in [2.75, 3.05) is 11.9 Å². The first-order chi connectivity index (χ1) is 13.4. The van der Waals surface area contributed by atoms with Gasteiger partial charge in [-0.2, -0.15) is 5.26 Å². The number of benzene rings is 1. The van der Waals surface area contributed by atoms with Gasteiger partial charge in [0.25, 0.3) is 5.91 Å². The minimum Gasteiger partial charge on any atom is -0.376 e. The number of hydrogen-bond donors (Lipinski definition) is 1. The number of rotatable bonds is 5. The van der Waals surface area contributed by atoms with Gasteiger partial charge in [0.05, 0.1) is 16.8 Å². The SMILES string of the molecule is Cc1ccc(NC(=O)/C(C#N)=C/c2cc(C)n(C[C@@H]3CCCO3)c2C)c(Cl)c1. The van der Waals surface area contributed by atoms with E-state index in [9.17, 15) is 10.1 Å². The predicted octanol–water partition coefficient (Wildman–Crippen LogP) is 4.79. The molecule has 0 aliphatic carbocycles. The molecular formula is C22H24ClN3O2. The van der Waals surface area contributed by atoms with E-state index < -0.39 is 5.91 Å². The molecule has 5 nitrogen and oxygen atoms in total. The normalized spacial score (nSPS) is 16.8. The third kappa shape index (κ3) is 4.46. The van der Waals surface area contributed by atoms with E-state index in [-0.39, 0.29) is 11.7 Å². The molecule has 28 heavy (non-hydrogen) atoms. The van der Waals surface area contributed by atoms with Crippen molar-refractivity contribution in [1.29, 1.82) is 5.26 Å². The van der Waals surface area contributed by atoms with E-state index >= 15 is 0 Å². The van der Waals surface area contributed by atoms with Gasteiger partial charge in [0.2, 0.25) is 0 Å². The number of aromatic nitrogens is 1. The van der Waals surface area contributed by atoms with Crippen LogP contribution in [0.25, 0.3) is 6.08 Å². The molecule has 2 heterocycles. The number of amides is 1. The van der Waals surface area contributed by atoms with Crippen LogP contribution in [0.1, 0.15) is 35.4 Å². The lowest BCUT2D eigenvalue weighted by atomic mass is 10.1. The number of carbonyl (C=O) groups is 1. The van der Waals surface area contributed by atoms with Crippen LogP contribution in [0.3, 0.4) is 0 Å². The lowest BCUT2D eigenvalue weighted by Crippen LogP contribution is -2.17. The van der Waals surface area contributed by atoms with Crippen molar-refractivity contribution in [3.63, 3.8) is 0 Å². The Morgan fingerprint density at radius 2 is 2.18 bits per heavy atom. The number of aryl methyl sites for hydroxylation is 2. The number of anilines is 1. The van der Waals surface area contributed by atoms with E-state index in [0.29, 0.717) is 10.7 Å². The average molecular weight is 398 g/mol. The smallest absolute Gasteiger partial charge is 0.266 e. The second kappa shape index (κ2) is 8.64. The molecule has 1 N–H and O–H groups in total. The quantitative estimate of drug-likeness (QED) is 0.582. The zero-order chi connectivity index (χ0) is 20.3. The van der Waals surface area contributed by atoms with E-state index in [1.807, 2.05) is 39.0 Å². The summed E-state index contributed by atoms with van der Waals surface area (Å²) >= 11 is 6.18. The largest absolute Gasteiger partial charge is 0.376 e. The van der Waals surface area contributed by atoms with Crippen LogP contribution in [0.2, 0.25) is 5.02 Å². The maximum Gasteiger partial charge on any atom is 0.266 e. The van der Waals surface area contributed by atoms with Crippen LogP contribution in [0, 0.1) is 32.1 Å². The van der Waals surface area contributed by atoms with E-state index in [4.69, 9.17) is 16.3 Å². The summed E-state index contributed by atoms with van der Waals surface area (Å²) < 4.78 is 7.92. The van der Waals surface area contributed by atoms with Crippen molar-refractivity contribution in [3.05, 3.63) is 57.4 Å². The topological polar surface area (TPSA) is 67.0 Å². The first-order valence-corrected chi connectivity index (χ1v) is 9.74. The molecule has 1 aliphatic rings. The molecule has 1 saturated heterocycles. The van der Waals surface area contributed by atoms with Crippen LogP contribution in [-0.2, 0) is 16.1 Å². The van der Waals surface area contributed by atoms with Crippen LogP contribution in [0.5, 0.6) is 0 Å². The molecule has 0 radical (unpaired) electrons. The molecule has 1 fully saturated rings. The van der Waals surface area contributed by atoms with Crippen LogP contribution in [-0.4, -0.2) is 23.2 Å². The van der Waals surface area contributed by atoms with Crippen molar-refractivity contribution >= 4 is 29.3 Å². The Kier molecular flexibility index (Phi) is 6.23. The van der Waals surface area contributed by atoms with Gasteiger partial charge in [-0.1, -0.05) is 17.7 Å². The summed E-state index contributed by atoms with van der Waals surface area (Å²) in [5.41, 5.74) is 4.48. The molecule has 1 aromatic heterocycles. The second-order valence-electron chi connectivity index (χ2n) is 7.18. The molecule has 2 aromatic rings. The number of nitriles is 1. The third-order valence-corrected chi connectivity index (χ3v) is 5.37. The molecular weight excluding hydrogens is 374 g/mol. The van der Waals surface area contributed by atoms with Gasteiger partial charge in [-0.05, 0) is 69.0 Å². The van der Waals surface area contributed by atoms with Gasteiger partial charge in [0.1, 0.15) is 11.6 Å². The highest BCUT2D eigenvalue weighted by Gasteiger charge is 2.19. The van der Waals surface area contributed by atoms with Crippen LogP contribution >= 0.6 is 11.6 Å². The number of halogens is 1. The molecule has 1 amide bonds. The standard InChI is InChI=1S/C22H24ClN3O2/c1-14-6-7-21(20(23)9-14)25-22(27)18(12-24)11-17-10-15(2)26(16(17)3)13-19-5-4-8-28-19/h6-7,9-11,19H,4-5,8,13H2,1-3H3,(H,25,27)/b18-11+/t19-/m0/s1. The van der Waals surface area contributed by atoms with E-state index in [1.54, 1.807) is 18.2 Å². The third-order valence-electron chi connectivity index (χ3n) is 5.06. The Hall–Kier alpha value is -2.55. The first kappa shape index (κ1) is 20.2. The molecule has 6 heteroatoms. The number of hydrogen-bond acceptors (Lipinski definition) is 3. The molecule has 146 valence electrons. The maximum absolute atomic E-state index is 12.6. The first-order valence-electron chi connectivity index (χ1n) is 9.36. The van der Waals surface area contributed by atoms with Crippen molar-refractivity contribution in [2.45, 2.75) is 46.3 Å². The Morgan fingerprint density at radius 3 is 2.82 bits per heavy atom. The van der Waals surface area contributed by atoms with Crippen molar-refractivity contribution < 1.29 is 9.53 Å². The Morgan fingerprint density at radius 1 is 1.39 bits per heavy atom. The monoisotopic (exact) mass is 397 g/mol. The number of carbonyl (C=O) groups excluding carboxylic acids is 1. The molecule has 0 saturated carbocycles. The van der Waals surface area contributed by atoms with Crippen LogP contribution < -0.4 is 5.32 Å². The van der Waals surface area contributed by atoms with E-state index in [0.717, 1.165) is 48.5 Å². The maximum atomic E-state index is 12.6. The zero-order valence-corrected chi connectivity index (χ0v) is 17.1. The minimum atomic E-state index is -0.475. The van der Waals surface area contributed by atoms with Gasteiger partial charge >= 0.3 is 0 Å². The summed E-state index contributed by atoms with van der Waals surface area (Å²) in [6, 6.07) is 9.36. The molecule has 1 atom stereocenters. The highest BCUT2D eigenvalue weighted by atomic mass is 35.5. The van der Waals surface area contributed by atoms with Crippen molar-refractivity contribution in [1.82, 2.24) is 4.57 Å². The van der Waals surface area contributed by atoms with Crippen molar-refractivity contribution in [3.8, 4) is 6.07 Å². The summed E-state index contributed by atoms with van der Waals surface area (Å²) in [7, 11) is 0. The van der Waals surface area contributed by atoms with Gasteiger partial charge in [-0.25, -0.2) is 0 Å². The Labute approximate surface area is 170 Å². The number of ether oxygens (including phenoxy) is 1. The lowest BCUT2D eigenvalue weighted by Gasteiger charge is -2.14. The molecule has 0 unspecified atom stereocenters. The van der Waals surface area contributed by atoms with Crippen LogP contribution in [0.15, 0.2) is 29.8 Å². The predicted molar refractivity (Wildman–Crippen MR) is 111 cm³/mol. The highest BCUT2D eigenvalue weighted by molar-refractivity contribution is 6.34. The minimum absolute atomic E-state index is 0.0361. The fraction of sp³-hybridized carbons (Fsp3) is 0.364. The molecule has 1 aliphatic heterocycles. The Bertz CT molecular complexity index is 963. The second-order valence-corrected chi connectivity index (χ2v) is 7.59. The summed E-state index contributed by atoms with van der Waals surface area (Å²) in [6.45, 7) is 7.55. The van der Waals surface area contributed by atoms with Gasteiger partial charge in [0.15, 0.2) is 0 Å². The van der Waals surface area contributed by atoms with Crippen LogP contribution in [0.4, 0.5) is 5.69 Å². The van der Waals surface area contributed by atoms with Gasteiger partial charge in [-0.3, -0.25) is 4.79 Å². The fourth-order valence-electron chi connectivity index (χ4n) is 3.46. The zero-order valence-electron chi connectivity index (χ0n) is 16.4. The summed E-state index contributed by atoms with van der Waals surface area (Å²) in [5, 5.41) is 12.7. The molecule has 1 aromatic carbocycles. The summed E-state index contributed by atoms with van der Waals surface area (Å²) in [5.74, 6) is -0.475. The molecule has 0 spiro atoms. The van der Waals surface area contributed by atoms with E-state index in [2.05, 4.69) is 9.88 Å². The molecule has 3 rings (SSSR count). The average Bonchev–Trinajstić information content (AvgIpc) is 3.26. The summed E-state index contributed by atoms with van der Waals surface area (Å²) in [6.07, 6.45) is 4.01. The van der Waals surface area contributed by atoms with Gasteiger partial charge in [-0.15, -0.1) is 0 Å². The highest BCUT2D eigenvalue weighted by Crippen LogP contribution is 2.25.